The van der Waals surface area contributed by atoms with Gasteiger partial charge in [-0.05, 0) is 25.5 Å². The summed E-state index contributed by atoms with van der Waals surface area (Å²) >= 11 is 0. The molecule has 0 aliphatic carbocycles. The van der Waals surface area contributed by atoms with Crippen LogP contribution in [0, 0.1) is 10.1 Å². The van der Waals surface area contributed by atoms with Gasteiger partial charge in [-0.15, -0.1) is 0 Å². The monoisotopic (exact) mass is 374 g/mol. The number of rotatable bonds is 8. The van der Waals surface area contributed by atoms with Crippen LogP contribution in [0.1, 0.15) is 19.4 Å². The number of hydrogen-bond acceptors (Lipinski definition) is 6. The van der Waals surface area contributed by atoms with Crippen LogP contribution in [-0.2, 0) is 15.9 Å². The third kappa shape index (κ3) is 5.42. The predicted molar refractivity (Wildman–Crippen MR) is 99.5 cm³/mol. The van der Waals surface area contributed by atoms with E-state index in [-0.39, 0.29) is 18.9 Å². The normalized spacial score (nSPS) is 11.1. The lowest BCUT2D eigenvalue weighted by Crippen LogP contribution is -2.33. The number of hydrogen-bond donors (Lipinski definition) is 1. The number of primary amides is 1. The van der Waals surface area contributed by atoms with Gasteiger partial charge in [0.25, 0.3) is 5.69 Å². The molecule has 0 aliphatic heterocycles. The molecule has 0 fully saturated rings. The van der Waals surface area contributed by atoms with Crippen molar-refractivity contribution in [2.24, 2.45) is 5.73 Å². The van der Waals surface area contributed by atoms with E-state index in [0.29, 0.717) is 22.4 Å². The van der Waals surface area contributed by atoms with Crippen LogP contribution in [0.2, 0.25) is 0 Å². The topological polar surface area (TPSA) is 114 Å². The Kier molecular flexibility index (Phi) is 6.36. The van der Waals surface area contributed by atoms with Crippen molar-refractivity contribution in [3.63, 3.8) is 0 Å². The Morgan fingerprint density at radius 1 is 1.22 bits per heavy atom. The number of nitro benzene ring substituents is 1. The Bertz CT molecular complexity index is 835. The first kappa shape index (κ1) is 20.2. The Labute approximate surface area is 157 Å². The third-order valence-electron chi connectivity index (χ3n) is 3.81. The first-order valence-electron chi connectivity index (χ1n) is 8.20. The van der Waals surface area contributed by atoms with Gasteiger partial charge in [0.2, 0.25) is 0 Å². The minimum absolute atomic E-state index is 0.0653. The van der Waals surface area contributed by atoms with E-state index in [1.807, 2.05) is 12.1 Å². The lowest BCUT2D eigenvalue weighted by atomic mass is 9.94. The Morgan fingerprint density at radius 3 is 2.56 bits per heavy atom. The molecule has 27 heavy (non-hydrogen) atoms. The van der Waals surface area contributed by atoms with E-state index in [2.05, 4.69) is 0 Å². The number of methoxy groups -OCH3 is 1. The summed E-state index contributed by atoms with van der Waals surface area (Å²) in [6.07, 6.45) is -0.780. The molecule has 0 aromatic heterocycles. The van der Waals surface area contributed by atoms with Crippen molar-refractivity contribution in [2.75, 3.05) is 13.9 Å². The Balaban J connectivity index is 2.42. The molecule has 0 saturated heterocycles. The van der Waals surface area contributed by atoms with Crippen molar-refractivity contribution < 1.29 is 23.9 Å². The molecule has 144 valence electrons. The van der Waals surface area contributed by atoms with E-state index in [1.165, 1.54) is 13.2 Å². The zero-order valence-electron chi connectivity index (χ0n) is 15.4. The van der Waals surface area contributed by atoms with Gasteiger partial charge < -0.3 is 19.9 Å². The number of nitrogens with two attached hydrogens (primary N) is 1. The number of nitro groups is 1. The second-order valence-electron chi connectivity index (χ2n) is 6.51. The van der Waals surface area contributed by atoms with Crippen molar-refractivity contribution in [1.29, 1.82) is 0 Å². The van der Waals surface area contributed by atoms with Crippen LogP contribution in [0.4, 0.5) is 10.5 Å². The van der Waals surface area contributed by atoms with Gasteiger partial charge in [0.15, 0.2) is 6.79 Å². The van der Waals surface area contributed by atoms with E-state index >= 15 is 0 Å². The van der Waals surface area contributed by atoms with Crippen LogP contribution in [0.25, 0.3) is 11.1 Å². The van der Waals surface area contributed by atoms with Gasteiger partial charge in [-0.2, -0.15) is 0 Å². The second kappa shape index (κ2) is 8.50. The van der Waals surface area contributed by atoms with E-state index in [9.17, 15) is 14.9 Å². The largest absolute Gasteiger partial charge is 0.467 e. The number of ether oxygens (including phenoxy) is 3. The number of para-hydroxylation sites is 1. The molecule has 2 aromatic rings. The molecule has 8 nitrogen and oxygen atoms in total. The number of carbonyl (C=O) groups is 1. The maximum atomic E-state index is 11.6. The zero-order chi connectivity index (χ0) is 20.0. The van der Waals surface area contributed by atoms with E-state index in [4.69, 9.17) is 19.9 Å². The van der Waals surface area contributed by atoms with Crippen molar-refractivity contribution in [2.45, 2.75) is 25.9 Å². The highest BCUT2D eigenvalue weighted by Crippen LogP contribution is 2.34. The molecule has 2 aromatic carbocycles. The highest BCUT2D eigenvalue weighted by Gasteiger charge is 2.27. The van der Waals surface area contributed by atoms with E-state index in [1.54, 1.807) is 38.1 Å². The van der Waals surface area contributed by atoms with Gasteiger partial charge in [-0.25, -0.2) is 4.79 Å². The molecule has 0 heterocycles. The maximum Gasteiger partial charge on any atom is 0.405 e. The summed E-state index contributed by atoms with van der Waals surface area (Å²) in [5.74, 6) is 0.554. The molecule has 0 bridgehead atoms. The number of nitrogens with zero attached hydrogens (tertiary/aromatic N) is 1. The molecular weight excluding hydrogens is 352 g/mol. The average Bonchev–Trinajstić information content (AvgIpc) is 2.59. The van der Waals surface area contributed by atoms with Gasteiger partial charge in [0.05, 0.1) is 4.92 Å². The molecule has 0 unspecified atom stereocenters. The summed E-state index contributed by atoms with van der Waals surface area (Å²) in [7, 11) is 1.51. The van der Waals surface area contributed by atoms with Crippen LogP contribution in [0.15, 0.2) is 42.5 Å². The zero-order valence-corrected chi connectivity index (χ0v) is 15.4. The van der Waals surface area contributed by atoms with Crippen LogP contribution in [0.5, 0.6) is 5.75 Å². The highest BCUT2D eigenvalue weighted by molar-refractivity contribution is 5.73. The van der Waals surface area contributed by atoms with Crippen LogP contribution < -0.4 is 10.5 Å². The summed E-state index contributed by atoms with van der Waals surface area (Å²) in [5.41, 5.74) is 5.79. The SMILES string of the molecule is COCOc1ccccc1-c1ccc(CC(C)(C)OC(N)=O)c([N+](=O)[O-])c1. The number of carbonyl (C=O) groups excluding carboxylic acids is 1. The predicted octanol–water partition coefficient (Wildman–Crippen LogP) is 3.66. The minimum atomic E-state index is -0.975. The van der Waals surface area contributed by atoms with E-state index in [0.717, 1.165) is 0 Å². The second-order valence-corrected chi connectivity index (χ2v) is 6.51. The molecule has 0 spiro atoms. The summed E-state index contributed by atoms with van der Waals surface area (Å²) < 4.78 is 15.5. The molecule has 0 aliphatic rings. The first-order chi connectivity index (χ1) is 12.7. The molecular formula is C19H22N2O6. The van der Waals surface area contributed by atoms with Crippen LogP contribution in [-0.4, -0.2) is 30.5 Å². The first-order valence-corrected chi connectivity index (χ1v) is 8.20. The standard InChI is InChI=1S/C19H22N2O6/c1-19(2,27-18(20)22)11-14-9-8-13(10-16(14)21(23)24)15-6-4-5-7-17(15)26-12-25-3/h4-10H,11-12H2,1-3H3,(H2,20,22). The maximum absolute atomic E-state index is 11.6. The lowest BCUT2D eigenvalue weighted by molar-refractivity contribution is -0.385. The molecule has 0 radical (unpaired) electrons. The summed E-state index contributed by atoms with van der Waals surface area (Å²) in [6.45, 7) is 3.35. The van der Waals surface area contributed by atoms with Gasteiger partial charge in [0.1, 0.15) is 11.4 Å². The van der Waals surface area contributed by atoms with Crippen LogP contribution in [0.3, 0.4) is 0 Å². The minimum Gasteiger partial charge on any atom is -0.467 e. The smallest absolute Gasteiger partial charge is 0.405 e. The van der Waals surface area contributed by atoms with Crippen LogP contribution >= 0.6 is 0 Å². The highest BCUT2D eigenvalue weighted by atomic mass is 16.7. The molecule has 8 heteroatoms. The van der Waals surface area contributed by atoms with Crippen molar-refractivity contribution >= 4 is 11.8 Å². The fraction of sp³-hybridized carbons (Fsp3) is 0.316. The van der Waals surface area contributed by atoms with Crippen molar-refractivity contribution in [3.05, 3.63) is 58.1 Å². The third-order valence-corrected chi connectivity index (χ3v) is 3.81. The van der Waals surface area contributed by atoms with Crippen molar-refractivity contribution in [1.82, 2.24) is 0 Å². The molecule has 0 saturated carbocycles. The number of amides is 1. The summed E-state index contributed by atoms with van der Waals surface area (Å²) in [5, 5.41) is 11.6. The Morgan fingerprint density at radius 2 is 1.93 bits per heavy atom. The van der Waals surface area contributed by atoms with Gasteiger partial charge in [0, 0.05) is 30.7 Å². The molecule has 1 amide bonds. The fourth-order valence-electron chi connectivity index (χ4n) is 2.77. The molecule has 0 atom stereocenters. The van der Waals surface area contributed by atoms with Gasteiger partial charge in [-0.3, -0.25) is 10.1 Å². The van der Waals surface area contributed by atoms with Gasteiger partial charge >= 0.3 is 6.09 Å². The fourth-order valence-corrected chi connectivity index (χ4v) is 2.77. The molecule has 2 rings (SSSR count). The molecule has 2 N–H and O–H groups in total. The lowest BCUT2D eigenvalue weighted by Gasteiger charge is -2.24. The van der Waals surface area contributed by atoms with Crippen molar-refractivity contribution in [3.8, 4) is 16.9 Å². The summed E-state index contributed by atoms with van der Waals surface area (Å²) in [4.78, 5) is 22.2. The quantitative estimate of drug-likeness (QED) is 0.428. The van der Waals surface area contributed by atoms with E-state index < -0.39 is 16.6 Å². The summed E-state index contributed by atoms with van der Waals surface area (Å²) in [6, 6.07) is 12.1. The Hall–Kier alpha value is -3.13. The number of benzene rings is 2. The van der Waals surface area contributed by atoms with Gasteiger partial charge in [-0.1, -0.05) is 30.3 Å². The average molecular weight is 374 g/mol.